The fourth-order valence-electron chi connectivity index (χ4n) is 0.363. The van der Waals surface area contributed by atoms with Crippen molar-refractivity contribution in [3.8, 4) is 0 Å². The first-order valence-corrected chi connectivity index (χ1v) is 4.78. The summed E-state index contributed by atoms with van der Waals surface area (Å²) in [7, 11) is 0. The van der Waals surface area contributed by atoms with Gasteiger partial charge in [0.05, 0.1) is 5.69 Å². The van der Waals surface area contributed by atoms with Crippen molar-refractivity contribution in [3.05, 3.63) is 14.3 Å². The van der Waals surface area contributed by atoms with E-state index < -0.39 is 21.2 Å². The molecule has 44 valence electrons. The van der Waals surface area contributed by atoms with Gasteiger partial charge in [-0.1, -0.05) is 0 Å². The van der Waals surface area contributed by atoms with Gasteiger partial charge in [0.25, 0.3) is 0 Å². The van der Waals surface area contributed by atoms with Crippen LogP contribution in [0.2, 0.25) is 0 Å². The third-order valence-electron chi connectivity index (χ3n) is 0.716. The van der Waals surface area contributed by atoms with E-state index in [4.69, 9.17) is 5.73 Å². The Bertz CT molecular complexity index is 198. The monoisotopic (exact) mass is 241 g/mol. The fraction of sp³-hybridized carbons (Fsp3) is 0. The molecule has 1 aromatic rings. The first kappa shape index (κ1) is 6.15. The van der Waals surface area contributed by atoms with Gasteiger partial charge in [-0.3, -0.25) is 3.07 Å². The summed E-state index contributed by atoms with van der Waals surface area (Å²) in [6, 6.07) is 1.78. The summed E-state index contributed by atoms with van der Waals surface area (Å²) in [6.45, 7) is 0. The number of hydrogen-bond donors (Lipinski definition) is 1. The Morgan fingerprint density at radius 3 is 2.75 bits per heavy atom. The highest BCUT2D eigenvalue weighted by Crippen LogP contribution is 2.23. The highest BCUT2D eigenvalue weighted by Gasteiger charge is 1.95. The van der Waals surface area contributed by atoms with Crippen LogP contribution in [0.25, 0.3) is 0 Å². The van der Waals surface area contributed by atoms with E-state index in [1.807, 2.05) is 5.38 Å². The van der Waals surface area contributed by atoms with E-state index in [1.54, 1.807) is 6.07 Å². The summed E-state index contributed by atoms with van der Waals surface area (Å²) in [4.78, 5) is 0. The molecule has 2 N–H and O–H groups in total. The third-order valence-corrected chi connectivity index (χ3v) is 3.64. The Morgan fingerprint density at radius 1 is 1.75 bits per heavy atom. The second-order valence-corrected chi connectivity index (χ2v) is 4.39. The van der Waals surface area contributed by atoms with Gasteiger partial charge in [-0.2, -0.15) is 0 Å². The van der Waals surface area contributed by atoms with E-state index in [0.29, 0.717) is 5.69 Å². The molecule has 8 heavy (non-hydrogen) atoms. The van der Waals surface area contributed by atoms with Crippen LogP contribution in [0.15, 0.2) is 11.4 Å². The largest absolute Gasteiger partial charge is 0.397 e. The van der Waals surface area contributed by atoms with Crippen LogP contribution < -0.4 is 5.73 Å². The summed E-state index contributed by atoms with van der Waals surface area (Å²) >= 11 is 0.430. The molecular weight excluding hydrogens is 237 g/mol. The van der Waals surface area contributed by atoms with E-state index >= 15 is 0 Å². The molecule has 0 saturated heterocycles. The maximum Gasteiger partial charge on any atom is 0.195 e. The third kappa shape index (κ3) is 1.05. The van der Waals surface area contributed by atoms with E-state index in [1.165, 1.54) is 11.3 Å². The van der Waals surface area contributed by atoms with Gasteiger partial charge in [0.2, 0.25) is 0 Å². The minimum atomic E-state index is -1.03. The predicted octanol–water partition coefficient (Wildman–Crippen LogP) is 1.82. The summed E-state index contributed by atoms with van der Waals surface area (Å²) in [5.41, 5.74) is 6.07. The fourth-order valence-corrected chi connectivity index (χ4v) is 2.12. The van der Waals surface area contributed by atoms with Crippen molar-refractivity contribution in [1.29, 1.82) is 0 Å². The molecule has 0 atom stereocenters. The molecule has 0 aliphatic rings. The SMILES string of the molecule is Nc1ccsc1I=O. The lowest BCUT2D eigenvalue weighted by Gasteiger charge is -1.78. The van der Waals surface area contributed by atoms with Gasteiger partial charge in [0.15, 0.2) is 21.2 Å². The number of nitrogen functional groups attached to an aromatic ring is 1. The second-order valence-electron chi connectivity index (χ2n) is 1.23. The normalized spacial score (nSPS) is 9.50. The highest BCUT2D eigenvalue weighted by molar-refractivity contribution is 14.1. The molecule has 1 heterocycles. The molecule has 0 aliphatic carbocycles. The lowest BCUT2D eigenvalue weighted by molar-refractivity contribution is 0.648. The Balaban J connectivity index is 3.09. The summed E-state index contributed by atoms with van der Waals surface area (Å²) in [5.74, 6) is 0. The maximum atomic E-state index is 10.3. The van der Waals surface area contributed by atoms with Gasteiger partial charge >= 0.3 is 0 Å². The molecule has 0 amide bonds. The molecule has 0 unspecified atom stereocenters. The van der Waals surface area contributed by atoms with E-state index in [0.717, 1.165) is 2.88 Å². The topological polar surface area (TPSA) is 43.1 Å². The van der Waals surface area contributed by atoms with Crippen LogP contribution in [-0.4, -0.2) is 0 Å². The molecule has 0 aliphatic heterocycles. The van der Waals surface area contributed by atoms with Crippen molar-refractivity contribution in [2.24, 2.45) is 0 Å². The van der Waals surface area contributed by atoms with Gasteiger partial charge in [0, 0.05) is 0 Å². The average Bonchev–Trinajstić information content (AvgIpc) is 2.14. The predicted molar refractivity (Wildman–Crippen MR) is 42.1 cm³/mol. The van der Waals surface area contributed by atoms with Gasteiger partial charge in [0.1, 0.15) is 2.88 Å². The van der Waals surface area contributed by atoms with Crippen LogP contribution in [0.4, 0.5) is 5.69 Å². The molecule has 1 rings (SSSR count). The van der Waals surface area contributed by atoms with Crippen LogP contribution >= 0.6 is 32.5 Å². The number of thiophene rings is 1. The molecule has 0 bridgehead atoms. The Kier molecular flexibility index (Phi) is 1.95. The Labute approximate surface area is 61.3 Å². The standard InChI is InChI=1S/C4H4INOS/c6-3-1-2-8-4(3)5-7/h1-2H,6H2. The zero-order valence-electron chi connectivity index (χ0n) is 3.93. The molecule has 0 aromatic carbocycles. The summed E-state index contributed by atoms with van der Waals surface area (Å²) in [5, 5.41) is 1.85. The lowest BCUT2D eigenvalue weighted by atomic mass is 10.6. The molecule has 0 saturated carbocycles. The smallest absolute Gasteiger partial charge is 0.195 e. The molecule has 0 spiro atoms. The molecular formula is C4H4INOS. The number of anilines is 1. The number of halogens is 1. The van der Waals surface area contributed by atoms with Crippen LogP contribution in [0.1, 0.15) is 0 Å². The van der Waals surface area contributed by atoms with Crippen LogP contribution in [0.5, 0.6) is 0 Å². The van der Waals surface area contributed by atoms with Crippen LogP contribution in [0.3, 0.4) is 0 Å². The van der Waals surface area contributed by atoms with Crippen molar-refractivity contribution >= 4 is 38.2 Å². The zero-order chi connectivity index (χ0) is 5.98. The minimum Gasteiger partial charge on any atom is -0.397 e. The quantitative estimate of drug-likeness (QED) is 0.762. The summed E-state index contributed by atoms with van der Waals surface area (Å²) in [6.07, 6.45) is 0. The lowest BCUT2D eigenvalue weighted by Crippen LogP contribution is -1.80. The Hall–Kier alpha value is 0.0300. The number of hydrogen-bond acceptors (Lipinski definition) is 3. The van der Waals surface area contributed by atoms with Crippen LogP contribution in [-0.2, 0) is 3.07 Å². The van der Waals surface area contributed by atoms with Crippen molar-refractivity contribution in [1.82, 2.24) is 0 Å². The van der Waals surface area contributed by atoms with E-state index in [9.17, 15) is 3.07 Å². The van der Waals surface area contributed by atoms with Crippen molar-refractivity contribution in [2.45, 2.75) is 0 Å². The average molecular weight is 241 g/mol. The van der Waals surface area contributed by atoms with E-state index in [2.05, 4.69) is 0 Å². The first-order valence-electron chi connectivity index (χ1n) is 1.94. The van der Waals surface area contributed by atoms with E-state index in [-0.39, 0.29) is 0 Å². The zero-order valence-corrected chi connectivity index (χ0v) is 6.90. The number of rotatable bonds is 1. The highest BCUT2D eigenvalue weighted by atomic mass is 127. The number of nitrogens with two attached hydrogens (primary N) is 1. The maximum absolute atomic E-state index is 10.3. The molecule has 0 radical (unpaired) electrons. The summed E-state index contributed by atoms with van der Waals surface area (Å²) < 4.78 is 11.1. The minimum absolute atomic E-state index is 0.679. The Morgan fingerprint density at radius 2 is 2.50 bits per heavy atom. The molecule has 4 heteroatoms. The van der Waals surface area contributed by atoms with Gasteiger partial charge < -0.3 is 5.73 Å². The van der Waals surface area contributed by atoms with Crippen LogP contribution in [0, 0.1) is 2.88 Å². The van der Waals surface area contributed by atoms with Gasteiger partial charge in [-0.25, -0.2) is 0 Å². The second kappa shape index (κ2) is 2.54. The van der Waals surface area contributed by atoms with Crippen molar-refractivity contribution in [2.75, 3.05) is 5.73 Å². The van der Waals surface area contributed by atoms with Crippen molar-refractivity contribution < 1.29 is 3.07 Å². The molecule has 0 fully saturated rings. The van der Waals surface area contributed by atoms with Crippen molar-refractivity contribution in [3.63, 3.8) is 0 Å². The first-order chi connectivity index (χ1) is 3.84. The van der Waals surface area contributed by atoms with Gasteiger partial charge in [-0.15, -0.1) is 11.3 Å². The molecule has 2 nitrogen and oxygen atoms in total. The van der Waals surface area contributed by atoms with Gasteiger partial charge in [-0.05, 0) is 11.4 Å². The molecule has 1 aromatic heterocycles.